The summed E-state index contributed by atoms with van der Waals surface area (Å²) in [5, 5.41) is 17.5. The van der Waals surface area contributed by atoms with Gasteiger partial charge in [0.1, 0.15) is 11.4 Å². The van der Waals surface area contributed by atoms with Crippen molar-refractivity contribution in [2.45, 2.75) is 25.4 Å². The first-order valence-electron chi connectivity index (χ1n) is 9.28. The summed E-state index contributed by atoms with van der Waals surface area (Å²) in [5.41, 5.74) is 0.507. The van der Waals surface area contributed by atoms with Gasteiger partial charge in [0.25, 0.3) is 5.91 Å². The van der Waals surface area contributed by atoms with Crippen molar-refractivity contribution >= 4 is 34.8 Å². The maximum Gasteiger partial charge on any atom is 0.356 e. The Morgan fingerprint density at radius 3 is 2.93 bits per heavy atom. The van der Waals surface area contributed by atoms with Crippen molar-refractivity contribution in [2.75, 3.05) is 20.3 Å². The number of carbonyl (C=O) groups is 2. The van der Waals surface area contributed by atoms with Gasteiger partial charge in [-0.05, 0) is 25.0 Å². The van der Waals surface area contributed by atoms with E-state index in [1.54, 1.807) is 24.1 Å². The molecule has 3 aromatic rings. The van der Waals surface area contributed by atoms with Crippen LogP contribution in [0.3, 0.4) is 0 Å². The monoisotopic (exact) mass is 450 g/mol. The van der Waals surface area contributed by atoms with E-state index >= 15 is 0 Å². The van der Waals surface area contributed by atoms with Crippen LogP contribution in [0.25, 0.3) is 10.6 Å². The van der Waals surface area contributed by atoms with Crippen LogP contribution in [0.2, 0.25) is 4.34 Å². The molecule has 1 amide bonds. The molecule has 1 N–H and O–H groups in total. The molecule has 1 aliphatic heterocycles. The summed E-state index contributed by atoms with van der Waals surface area (Å²) in [7, 11) is 1.59. The Labute approximate surface area is 180 Å². The van der Waals surface area contributed by atoms with Crippen molar-refractivity contribution < 1.29 is 24.0 Å². The molecule has 1 atom stereocenters. The zero-order chi connectivity index (χ0) is 21.3. The van der Waals surface area contributed by atoms with Gasteiger partial charge in [-0.15, -0.1) is 11.3 Å². The summed E-state index contributed by atoms with van der Waals surface area (Å²) in [6.07, 6.45) is 1.71. The van der Waals surface area contributed by atoms with Crippen molar-refractivity contribution in [3.63, 3.8) is 0 Å². The first-order chi connectivity index (χ1) is 14.5. The van der Waals surface area contributed by atoms with Gasteiger partial charge in [-0.1, -0.05) is 16.8 Å². The average Bonchev–Trinajstić information content (AvgIpc) is 3.48. The van der Waals surface area contributed by atoms with Crippen LogP contribution in [0, 0.1) is 0 Å². The molecule has 9 nitrogen and oxygen atoms in total. The van der Waals surface area contributed by atoms with Gasteiger partial charge in [-0.3, -0.25) is 9.48 Å². The second kappa shape index (κ2) is 8.58. The Morgan fingerprint density at radius 2 is 2.23 bits per heavy atom. The molecule has 1 aliphatic rings. The number of rotatable bonds is 7. The molecule has 1 unspecified atom stereocenters. The number of amides is 1. The highest BCUT2D eigenvalue weighted by Gasteiger charge is 2.32. The van der Waals surface area contributed by atoms with E-state index in [0.717, 1.165) is 17.7 Å². The fourth-order valence-corrected chi connectivity index (χ4v) is 4.52. The minimum atomic E-state index is -1.20. The van der Waals surface area contributed by atoms with E-state index in [9.17, 15) is 14.7 Å². The van der Waals surface area contributed by atoms with Crippen molar-refractivity contribution in [1.29, 1.82) is 0 Å². The highest BCUT2D eigenvalue weighted by Crippen LogP contribution is 2.31. The SMILES string of the molecule is COCC1CCCN1C(=O)c1cc(C(=O)O)nn1Cc1cc(-c2ccc(Cl)s2)on1. The summed E-state index contributed by atoms with van der Waals surface area (Å²) in [6.45, 7) is 1.12. The predicted octanol–water partition coefficient (Wildman–Crippen LogP) is 3.25. The molecule has 0 aliphatic carbocycles. The number of carboxylic acid groups (broad SMARTS) is 1. The van der Waals surface area contributed by atoms with Crippen LogP contribution < -0.4 is 0 Å². The average molecular weight is 451 g/mol. The number of aromatic carboxylic acids is 1. The standard InChI is InChI=1S/C19H19ClN4O5S/c1-28-10-12-3-2-6-23(12)18(25)14-8-13(19(26)27)21-24(14)9-11-7-15(29-22-11)16-4-5-17(20)30-16/h4-5,7-8,12H,2-3,6,9-10H2,1H3,(H,26,27). The summed E-state index contributed by atoms with van der Waals surface area (Å²) in [6, 6.07) is 6.57. The van der Waals surface area contributed by atoms with Gasteiger partial charge in [0.2, 0.25) is 0 Å². The van der Waals surface area contributed by atoms with E-state index in [1.807, 2.05) is 6.07 Å². The minimum absolute atomic E-state index is 0.0404. The molecule has 4 heterocycles. The van der Waals surface area contributed by atoms with E-state index in [1.165, 1.54) is 22.1 Å². The zero-order valence-electron chi connectivity index (χ0n) is 16.1. The van der Waals surface area contributed by atoms with Gasteiger partial charge in [0, 0.05) is 25.8 Å². The quantitative estimate of drug-likeness (QED) is 0.588. The second-order valence-corrected chi connectivity index (χ2v) is 8.63. The highest BCUT2D eigenvalue weighted by atomic mass is 35.5. The van der Waals surface area contributed by atoms with Crippen LogP contribution >= 0.6 is 22.9 Å². The third kappa shape index (κ3) is 4.11. The largest absolute Gasteiger partial charge is 0.476 e. The number of carbonyl (C=O) groups excluding carboxylic acids is 1. The number of halogens is 1. The van der Waals surface area contributed by atoms with Gasteiger partial charge < -0.3 is 19.3 Å². The molecule has 3 aromatic heterocycles. The number of hydrogen-bond acceptors (Lipinski definition) is 7. The van der Waals surface area contributed by atoms with Crippen LogP contribution in [0.15, 0.2) is 28.8 Å². The van der Waals surface area contributed by atoms with Gasteiger partial charge in [0.15, 0.2) is 11.5 Å². The number of likely N-dealkylation sites (tertiary alicyclic amines) is 1. The third-order valence-corrected chi connectivity index (χ3v) is 6.15. The number of ether oxygens (including phenoxy) is 1. The Hall–Kier alpha value is -2.69. The normalized spacial score (nSPS) is 16.3. The van der Waals surface area contributed by atoms with E-state index in [4.69, 9.17) is 20.9 Å². The van der Waals surface area contributed by atoms with Crippen LogP contribution in [0.4, 0.5) is 0 Å². The fourth-order valence-electron chi connectivity index (χ4n) is 3.53. The van der Waals surface area contributed by atoms with Gasteiger partial charge in [0.05, 0.1) is 28.4 Å². The Balaban J connectivity index is 1.61. The lowest BCUT2D eigenvalue weighted by atomic mass is 10.2. The minimum Gasteiger partial charge on any atom is -0.476 e. The first kappa shape index (κ1) is 20.6. The molecule has 4 rings (SSSR count). The zero-order valence-corrected chi connectivity index (χ0v) is 17.6. The van der Waals surface area contributed by atoms with Crippen LogP contribution in [-0.4, -0.2) is 63.1 Å². The molecule has 30 heavy (non-hydrogen) atoms. The van der Waals surface area contributed by atoms with Crippen molar-refractivity contribution in [2.24, 2.45) is 0 Å². The number of nitrogens with zero attached hydrogens (tertiary/aromatic N) is 4. The van der Waals surface area contributed by atoms with Crippen LogP contribution in [0.1, 0.15) is 39.5 Å². The third-order valence-electron chi connectivity index (χ3n) is 4.90. The van der Waals surface area contributed by atoms with Gasteiger partial charge in [-0.2, -0.15) is 5.10 Å². The maximum absolute atomic E-state index is 13.2. The first-order valence-corrected chi connectivity index (χ1v) is 10.5. The molecule has 0 radical (unpaired) electrons. The molecule has 0 spiro atoms. The highest BCUT2D eigenvalue weighted by molar-refractivity contribution is 7.19. The number of methoxy groups -OCH3 is 1. The maximum atomic E-state index is 13.2. The second-order valence-electron chi connectivity index (χ2n) is 6.91. The summed E-state index contributed by atoms with van der Waals surface area (Å²) in [5.74, 6) is -0.935. The molecule has 11 heteroatoms. The number of aromatic nitrogens is 3. The summed E-state index contributed by atoms with van der Waals surface area (Å²) >= 11 is 7.32. The lowest BCUT2D eigenvalue weighted by Crippen LogP contribution is -2.39. The van der Waals surface area contributed by atoms with E-state index in [2.05, 4.69) is 10.3 Å². The van der Waals surface area contributed by atoms with Gasteiger partial charge in [-0.25, -0.2) is 4.79 Å². The Morgan fingerprint density at radius 1 is 1.40 bits per heavy atom. The Bertz CT molecular complexity index is 1070. The number of carboxylic acids is 1. The number of hydrogen-bond donors (Lipinski definition) is 1. The van der Waals surface area contributed by atoms with Crippen LogP contribution in [-0.2, 0) is 11.3 Å². The van der Waals surface area contributed by atoms with Crippen molar-refractivity contribution in [1.82, 2.24) is 19.8 Å². The van der Waals surface area contributed by atoms with E-state index in [-0.39, 0.29) is 29.9 Å². The smallest absolute Gasteiger partial charge is 0.356 e. The predicted molar refractivity (Wildman–Crippen MR) is 109 cm³/mol. The molecule has 1 fully saturated rings. The van der Waals surface area contributed by atoms with Crippen molar-refractivity contribution in [3.8, 4) is 10.6 Å². The Kier molecular flexibility index (Phi) is 5.89. The number of thiophene rings is 1. The van der Waals surface area contributed by atoms with Gasteiger partial charge >= 0.3 is 5.97 Å². The van der Waals surface area contributed by atoms with E-state index in [0.29, 0.717) is 28.9 Å². The fraction of sp³-hybridized carbons (Fsp3) is 0.368. The molecule has 0 saturated carbocycles. The summed E-state index contributed by atoms with van der Waals surface area (Å²) < 4.78 is 12.6. The lowest BCUT2D eigenvalue weighted by Gasteiger charge is -2.24. The molecule has 158 valence electrons. The molecule has 1 saturated heterocycles. The van der Waals surface area contributed by atoms with Crippen molar-refractivity contribution in [3.05, 3.63) is 45.7 Å². The molecular weight excluding hydrogens is 432 g/mol. The molecule has 0 bridgehead atoms. The molecular formula is C19H19ClN4O5S. The molecule has 0 aromatic carbocycles. The lowest BCUT2D eigenvalue weighted by molar-refractivity contribution is 0.0618. The summed E-state index contributed by atoms with van der Waals surface area (Å²) in [4.78, 5) is 27.2. The van der Waals surface area contributed by atoms with E-state index < -0.39 is 5.97 Å². The van der Waals surface area contributed by atoms with Crippen LogP contribution in [0.5, 0.6) is 0 Å². The topological polar surface area (TPSA) is 111 Å².